The number of likely N-dealkylation sites (tertiary alicyclic amines) is 1. The molecule has 3 heterocycles. The van der Waals surface area contributed by atoms with Gasteiger partial charge in [0.15, 0.2) is 0 Å². The maximum Gasteiger partial charge on any atom is 0.410 e. The molecule has 3 saturated heterocycles. The molecule has 0 aromatic carbocycles. The highest BCUT2D eigenvalue weighted by Crippen LogP contribution is 2.28. The molecule has 140 valence electrons. The van der Waals surface area contributed by atoms with E-state index in [1.165, 1.54) is 4.90 Å². The van der Waals surface area contributed by atoms with Crippen molar-refractivity contribution in [3.05, 3.63) is 0 Å². The van der Waals surface area contributed by atoms with E-state index in [4.69, 9.17) is 4.74 Å². The quantitative estimate of drug-likeness (QED) is 0.713. The SMILES string of the molecule is CC(C)(C)OC(=O)N1CC[C@H](NC(=O)C2CC[C@@H]3CN2C(=O)N3O)C1. The number of fused-ring (bicyclic) bond motifs is 2. The minimum atomic E-state index is -0.559. The maximum atomic E-state index is 12.6. The van der Waals surface area contributed by atoms with E-state index in [0.717, 1.165) is 5.06 Å². The molecule has 25 heavy (non-hydrogen) atoms. The van der Waals surface area contributed by atoms with Gasteiger partial charge in [-0.25, -0.2) is 14.7 Å². The fourth-order valence-corrected chi connectivity index (χ4v) is 3.59. The number of piperidine rings is 1. The monoisotopic (exact) mass is 354 g/mol. The highest BCUT2D eigenvalue weighted by molar-refractivity contribution is 5.88. The van der Waals surface area contributed by atoms with Crippen molar-refractivity contribution < 1.29 is 24.3 Å². The first-order chi connectivity index (χ1) is 11.7. The number of carbonyl (C=O) groups is 3. The lowest BCUT2D eigenvalue weighted by molar-refractivity contribution is -0.126. The summed E-state index contributed by atoms with van der Waals surface area (Å²) in [6.45, 7) is 6.74. The average Bonchev–Trinajstić information content (AvgIpc) is 3.06. The summed E-state index contributed by atoms with van der Waals surface area (Å²) in [7, 11) is 0. The number of ether oxygens (including phenoxy) is 1. The lowest BCUT2D eigenvalue weighted by atomic mass is 10.00. The number of urea groups is 1. The van der Waals surface area contributed by atoms with Crippen LogP contribution in [0.15, 0.2) is 0 Å². The van der Waals surface area contributed by atoms with Crippen LogP contribution in [0.3, 0.4) is 0 Å². The predicted octanol–water partition coefficient (Wildman–Crippen LogP) is 0.770. The molecule has 3 rings (SSSR count). The van der Waals surface area contributed by atoms with Crippen molar-refractivity contribution >= 4 is 18.0 Å². The van der Waals surface area contributed by atoms with Crippen molar-refractivity contribution in [3.63, 3.8) is 0 Å². The Hall–Kier alpha value is -2.03. The van der Waals surface area contributed by atoms with Crippen molar-refractivity contribution in [1.29, 1.82) is 0 Å². The number of nitrogens with one attached hydrogen (secondary N) is 1. The predicted molar refractivity (Wildman–Crippen MR) is 86.9 cm³/mol. The minimum Gasteiger partial charge on any atom is -0.444 e. The van der Waals surface area contributed by atoms with Crippen LogP contribution in [-0.4, -0.2) is 81.5 Å². The molecule has 0 radical (unpaired) electrons. The van der Waals surface area contributed by atoms with E-state index < -0.39 is 17.7 Å². The zero-order chi connectivity index (χ0) is 18.4. The van der Waals surface area contributed by atoms with Gasteiger partial charge >= 0.3 is 12.1 Å². The summed E-state index contributed by atoms with van der Waals surface area (Å²) in [6, 6.07) is -1.44. The van der Waals surface area contributed by atoms with Crippen LogP contribution in [0.25, 0.3) is 0 Å². The third kappa shape index (κ3) is 3.65. The van der Waals surface area contributed by atoms with Gasteiger partial charge in [0.25, 0.3) is 0 Å². The summed E-state index contributed by atoms with van der Waals surface area (Å²) >= 11 is 0. The molecule has 3 atom stereocenters. The molecule has 9 heteroatoms. The van der Waals surface area contributed by atoms with Gasteiger partial charge in [-0.1, -0.05) is 0 Å². The second kappa shape index (κ2) is 6.36. The Morgan fingerprint density at radius 3 is 2.60 bits per heavy atom. The lowest BCUT2D eigenvalue weighted by Crippen LogP contribution is -2.52. The second-order valence-corrected chi connectivity index (χ2v) is 7.95. The molecule has 0 saturated carbocycles. The summed E-state index contributed by atoms with van der Waals surface area (Å²) in [5, 5.41) is 13.4. The Morgan fingerprint density at radius 1 is 1.20 bits per heavy atom. The zero-order valence-electron chi connectivity index (χ0n) is 14.9. The largest absolute Gasteiger partial charge is 0.444 e. The van der Waals surface area contributed by atoms with E-state index in [0.29, 0.717) is 38.9 Å². The van der Waals surface area contributed by atoms with Gasteiger partial charge in [-0.15, -0.1) is 0 Å². The van der Waals surface area contributed by atoms with Crippen LogP contribution in [0.2, 0.25) is 0 Å². The van der Waals surface area contributed by atoms with Crippen LogP contribution in [0, 0.1) is 0 Å². The Morgan fingerprint density at radius 2 is 1.92 bits per heavy atom. The van der Waals surface area contributed by atoms with Crippen molar-refractivity contribution in [1.82, 2.24) is 20.2 Å². The Bertz CT molecular complexity index is 575. The van der Waals surface area contributed by atoms with Gasteiger partial charge in [-0.05, 0) is 40.0 Å². The molecular weight excluding hydrogens is 328 g/mol. The Balaban J connectivity index is 1.53. The van der Waals surface area contributed by atoms with Gasteiger partial charge in [0, 0.05) is 25.7 Å². The van der Waals surface area contributed by atoms with Gasteiger partial charge in [0.05, 0.1) is 6.04 Å². The first-order valence-corrected chi connectivity index (χ1v) is 8.73. The topological polar surface area (TPSA) is 102 Å². The fraction of sp³-hybridized carbons (Fsp3) is 0.812. The van der Waals surface area contributed by atoms with E-state index in [1.54, 1.807) is 4.90 Å². The van der Waals surface area contributed by atoms with Gasteiger partial charge in [-0.2, -0.15) is 0 Å². The number of hydrogen-bond donors (Lipinski definition) is 2. The molecule has 0 spiro atoms. The average molecular weight is 354 g/mol. The van der Waals surface area contributed by atoms with Crippen LogP contribution in [-0.2, 0) is 9.53 Å². The van der Waals surface area contributed by atoms with Crippen LogP contribution < -0.4 is 5.32 Å². The number of nitrogens with zero attached hydrogens (tertiary/aromatic N) is 3. The number of rotatable bonds is 2. The van der Waals surface area contributed by atoms with Gasteiger partial charge < -0.3 is 19.9 Å². The molecule has 3 aliphatic heterocycles. The molecule has 2 bridgehead atoms. The van der Waals surface area contributed by atoms with E-state index in [9.17, 15) is 19.6 Å². The molecule has 2 N–H and O–H groups in total. The van der Waals surface area contributed by atoms with E-state index in [2.05, 4.69) is 5.32 Å². The summed E-state index contributed by atoms with van der Waals surface area (Å²) in [5.74, 6) is -0.224. The van der Waals surface area contributed by atoms with Crippen LogP contribution >= 0.6 is 0 Å². The molecule has 0 aromatic heterocycles. The fourth-order valence-electron chi connectivity index (χ4n) is 3.59. The van der Waals surface area contributed by atoms with Crippen molar-refractivity contribution in [2.45, 2.75) is 63.8 Å². The second-order valence-electron chi connectivity index (χ2n) is 7.95. The minimum absolute atomic E-state index is 0.152. The molecule has 1 unspecified atom stereocenters. The van der Waals surface area contributed by atoms with Crippen molar-refractivity contribution in [2.24, 2.45) is 0 Å². The smallest absolute Gasteiger partial charge is 0.410 e. The first kappa shape index (κ1) is 17.8. The molecule has 3 aliphatic rings. The third-order valence-electron chi connectivity index (χ3n) is 4.83. The van der Waals surface area contributed by atoms with Crippen LogP contribution in [0.5, 0.6) is 0 Å². The molecular formula is C16H26N4O5. The van der Waals surface area contributed by atoms with Gasteiger partial charge in [0.2, 0.25) is 5.91 Å². The zero-order valence-corrected chi connectivity index (χ0v) is 14.9. The lowest BCUT2D eigenvalue weighted by Gasteiger charge is -2.30. The number of hydroxylamine groups is 2. The standard InChI is InChI=1S/C16H26N4O5/c1-16(2,3)25-15(23)18-7-6-10(8-18)17-13(21)12-5-4-11-9-19(12)14(22)20(11)24/h10-12,24H,4-9H2,1-3H3,(H,17,21)/t10-,11+,12?/m0/s1. The third-order valence-corrected chi connectivity index (χ3v) is 4.83. The highest BCUT2D eigenvalue weighted by atomic mass is 16.6. The molecule has 3 fully saturated rings. The van der Waals surface area contributed by atoms with Crippen LogP contribution in [0.1, 0.15) is 40.0 Å². The summed E-state index contributed by atoms with van der Waals surface area (Å²) in [4.78, 5) is 39.6. The van der Waals surface area contributed by atoms with E-state index in [1.807, 2.05) is 20.8 Å². The molecule has 0 aromatic rings. The summed E-state index contributed by atoms with van der Waals surface area (Å²) in [6.07, 6.45) is 1.41. The van der Waals surface area contributed by atoms with Gasteiger partial charge in [0.1, 0.15) is 11.6 Å². The Labute approximate surface area is 146 Å². The number of hydrogen-bond acceptors (Lipinski definition) is 5. The van der Waals surface area contributed by atoms with Crippen LogP contribution in [0.4, 0.5) is 9.59 Å². The van der Waals surface area contributed by atoms with Crippen molar-refractivity contribution in [3.8, 4) is 0 Å². The van der Waals surface area contributed by atoms with E-state index in [-0.39, 0.29) is 24.1 Å². The van der Waals surface area contributed by atoms with Gasteiger partial charge in [-0.3, -0.25) is 10.0 Å². The van der Waals surface area contributed by atoms with Crippen molar-refractivity contribution in [2.75, 3.05) is 19.6 Å². The normalized spacial score (nSPS) is 29.2. The molecule has 4 amide bonds. The highest BCUT2D eigenvalue weighted by Gasteiger charge is 2.47. The Kier molecular flexibility index (Phi) is 4.52. The first-order valence-electron chi connectivity index (χ1n) is 8.73. The van der Waals surface area contributed by atoms with E-state index >= 15 is 0 Å². The number of carbonyl (C=O) groups excluding carboxylic acids is 3. The molecule has 9 nitrogen and oxygen atoms in total. The summed E-state index contributed by atoms with van der Waals surface area (Å²) < 4.78 is 5.35. The maximum absolute atomic E-state index is 12.6. The summed E-state index contributed by atoms with van der Waals surface area (Å²) in [5.41, 5.74) is -0.552. The number of amides is 4. The molecule has 0 aliphatic carbocycles.